The van der Waals surface area contributed by atoms with Crippen LogP contribution in [0, 0.1) is 31.3 Å². The molecule has 118 valence electrons. The highest BCUT2D eigenvalue weighted by Gasteiger charge is 2.16. The Balaban J connectivity index is 2.15. The van der Waals surface area contributed by atoms with E-state index in [1.807, 2.05) is 32.0 Å². The molecule has 2 N–H and O–H groups in total. The van der Waals surface area contributed by atoms with E-state index in [1.165, 1.54) is 0 Å². The van der Waals surface area contributed by atoms with Crippen molar-refractivity contribution in [3.05, 3.63) is 70.0 Å². The Morgan fingerprint density at radius 1 is 0.955 bits per heavy atom. The number of aryl methyl sites for hydroxylation is 2. The van der Waals surface area contributed by atoms with Gasteiger partial charge < -0.3 is 10.4 Å². The van der Waals surface area contributed by atoms with E-state index in [2.05, 4.69) is 5.32 Å². The number of rotatable bonds is 5. The SMILES string of the molecule is Cc1cc(C)cc(CNC(CO)c2cc(F)c(F)c(F)c2)c1. The Bertz CT molecular complexity index is 630. The molecule has 0 amide bonds. The molecule has 0 saturated heterocycles. The van der Waals surface area contributed by atoms with Crippen molar-refractivity contribution in [1.29, 1.82) is 0 Å². The summed E-state index contributed by atoms with van der Waals surface area (Å²) in [5.41, 5.74) is 3.38. The first-order valence-corrected chi connectivity index (χ1v) is 6.96. The Morgan fingerprint density at radius 3 is 2.00 bits per heavy atom. The molecular formula is C17H18F3NO. The van der Waals surface area contributed by atoms with Crippen LogP contribution >= 0.6 is 0 Å². The van der Waals surface area contributed by atoms with E-state index in [9.17, 15) is 18.3 Å². The molecule has 1 atom stereocenters. The molecule has 5 heteroatoms. The van der Waals surface area contributed by atoms with Gasteiger partial charge in [-0.3, -0.25) is 0 Å². The zero-order valence-corrected chi connectivity index (χ0v) is 12.5. The molecule has 0 aliphatic rings. The second-order valence-electron chi connectivity index (χ2n) is 5.41. The van der Waals surface area contributed by atoms with E-state index >= 15 is 0 Å². The number of aliphatic hydroxyl groups excluding tert-OH is 1. The monoisotopic (exact) mass is 309 g/mol. The Labute approximate surface area is 127 Å². The molecule has 0 spiro atoms. The van der Waals surface area contributed by atoms with Crippen LogP contribution in [-0.4, -0.2) is 11.7 Å². The quantitative estimate of drug-likeness (QED) is 0.828. The molecule has 0 fully saturated rings. The van der Waals surface area contributed by atoms with Gasteiger partial charge in [0.2, 0.25) is 0 Å². The first kappa shape index (κ1) is 16.5. The highest BCUT2D eigenvalue weighted by atomic mass is 19.2. The fourth-order valence-corrected chi connectivity index (χ4v) is 2.48. The molecule has 0 aliphatic carbocycles. The summed E-state index contributed by atoms with van der Waals surface area (Å²) in [7, 11) is 0. The van der Waals surface area contributed by atoms with Crippen LogP contribution in [-0.2, 0) is 6.54 Å². The maximum atomic E-state index is 13.3. The molecule has 0 aromatic heterocycles. The van der Waals surface area contributed by atoms with E-state index in [-0.39, 0.29) is 12.2 Å². The highest BCUT2D eigenvalue weighted by Crippen LogP contribution is 2.20. The first-order valence-electron chi connectivity index (χ1n) is 6.96. The number of hydrogen-bond acceptors (Lipinski definition) is 2. The summed E-state index contributed by atoms with van der Waals surface area (Å²) in [4.78, 5) is 0. The maximum absolute atomic E-state index is 13.3. The number of nitrogens with one attached hydrogen (secondary N) is 1. The van der Waals surface area contributed by atoms with Crippen LogP contribution in [0.2, 0.25) is 0 Å². The number of aliphatic hydroxyl groups is 1. The summed E-state index contributed by atoms with van der Waals surface area (Å²) >= 11 is 0. The van der Waals surface area contributed by atoms with Gasteiger partial charge in [-0.2, -0.15) is 0 Å². The third kappa shape index (κ3) is 3.87. The molecule has 0 heterocycles. The fraction of sp³-hybridized carbons (Fsp3) is 0.294. The smallest absolute Gasteiger partial charge is 0.194 e. The van der Waals surface area contributed by atoms with Crippen molar-refractivity contribution in [2.24, 2.45) is 0 Å². The minimum absolute atomic E-state index is 0.170. The Kier molecular flexibility index (Phi) is 5.21. The van der Waals surface area contributed by atoms with Crippen LogP contribution < -0.4 is 5.32 Å². The predicted molar refractivity (Wildman–Crippen MR) is 78.9 cm³/mol. The van der Waals surface area contributed by atoms with Crippen LogP contribution in [0.25, 0.3) is 0 Å². The normalized spacial score (nSPS) is 12.5. The van der Waals surface area contributed by atoms with Crippen molar-refractivity contribution in [1.82, 2.24) is 5.32 Å². The van der Waals surface area contributed by atoms with Gasteiger partial charge in [0.1, 0.15) is 0 Å². The summed E-state index contributed by atoms with van der Waals surface area (Å²) in [6, 6.07) is 7.13. The van der Waals surface area contributed by atoms with Crippen molar-refractivity contribution in [3.63, 3.8) is 0 Å². The lowest BCUT2D eigenvalue weighted by Gasteiger charge is -2.18. The van der Waals surface area contributed by atoms with E-state index in [0.717, 1.165) is 28.8 Å². The van der Waals surface area contributed by atoms with Crippen molar-refractivity contribution >= 4 is 0 Å². The van der Waals surface area contributed by atoms with Gasteiger partial charge >= 0.3 is 0 Å². The summed E-state index contributed by atoms with van der Waals surface area (Å²) in [6.45, 7) is 4.03. The van der Waals surface area contributed by atoms with Gasteiger partial charge in [0.25, 0.3) is 0 Å². The van der Waals surface area contributed by atoms with Gasteiger partial charge in [0, 0.05) is 6.54 Å². The van der Waals surface area contributed by atoms with Gasteiger partial charge in [-0.15, -0.1) is 0 Å². The van der Waals surface area contributed by atoms with Gasteiger partial charge in [-0.1, -0.05) is 29.3 Å². The standard InChI is InChI=1S/C17H18F3NO/c1-10-3-11(2)5-12(4-10)8-21-16(9-22)13-6-14(18)17(20)15(19)7-13/h3-7,16,21-22H,8-9H2,1-2H3. The summed E-state index contributed by atoms with van der Waals surface area (Å²) in [5, 5.41) is 12.4. The lowest BCUT2D eigenvalue weighted by Crippen LogP contribution is -2.24. The molecule has 22 heavy (non-hydrogen) atoms. The lowest BCUT2D eigenvalue weighted by molar-refractivity contribution is 0.242. The zero-order valence-electron chi connectivity index (χ0n) is 12.5. The van der Waals surface area contributed by atoms with Gasteiger partial charge in [0.15, 0.2) is 17.5 Å². The van der Waals surface area contributed by atoms with Gasteiger partial charge in [0.05, 0.1) is 12.6 Å². The molecule has 0 aliphatic heterocycles. The molecule has 2 aromatic carbocycles. The summed E-state index contributed by atoms with van der Waals surface area (Å²) < 4.78 is 39.5. The van der Waals surface area contributed by atoms with E-state index in [0.29, 0.717) is 6.54 Å². The third-order valence-electron chi connectivity index (χ3n) is 3.43. The Morgan fingerprint density at radius 2 is 1.50 bits per heavy atom. The van der Waals surface area contributed by atoms with Crippen molar-refractivity contribution in [2.75, 3.05) is 6.61 Å². The lowest BCUT2D eigenvalue weighted by atomic mass is 10.0. The highest BCUT2D eigenvalue weighted by molar-refractivity contribution is 5.29. The van der Waals surface area contributed by atoms with Crippen LogP contribution in [0.15, 0.2) is 30.3 Å². The predicted octanol–water partition coefficient (Wildman–Crippen LogP) is 3.54. The van der Waals surface area contributed by atoms with Crippen molar-refractivity contribution in [2.45, 2.75) is 26.4 Å². The summed E-state index contributed by atoms with van der Waals surface area (Å²) in [6.07, 6.45) is 0. The maximum Gasteiger partial charge on any atom is 0.194 e. The van der Waals surface area contributed by atoms with Crippen LogP contribution in [0.4, 0.5) is 13.2 Å². The second kappa shape index (κ2) is 6.94. The molecule has 0 radical (unpaired) electrons. The average Bonchev–Trinajstić information content (AvgIpc) is 2.44. The van der Waals surface area contributed by atoms with Crippen LogP contribution in [0.3, 0.4) is 0 Å². The Hall–Kier alpha value is -1.85. The molecule has 0 saturated carbocycles. The molecular weight excluding hydrogens is 291 g/mol. The van der Waals surface area contributed by atoms with Gasteiger partial charge in [-0.05, 0) is 37.1 Å². The van der Waals surface area contributed by atoms with E-state index < -0.39 is 23.5 Å². The minimum Gasteiger partial charge on any atom is -0.394 e. The first-order chi connectivity index (χ1) is 10.4. The molecule has 2 aromatic rings. The van der Waals surface area contributed by atoms with E-state index in [1.54, 1.807) is 0 Å². The largest absolute Gasteiger partial charge is 0.394 e. The topological polar surface area (TPSA) is 32.3 Å². The summed E-state index contributed by atoms with van der Waals surface area (Å²) in [5.74, 6) is -4.03. The fourth-order valence-electron chi connectivity index (χ4n) is 2.48. The molecule has 2 rings (SSSR count). The van der Waals surface area contributed by atoms with Crippen LogP contribution in [0.5, 0.6) is 0 Å². The molecule has 0 bridgehead atoms. The number of halogens is 3. The van der Waals surface area contributed by atoms with Crippen molar-refractivity contribution < 1.29 is 18.3 Å². The zero-order chi connectivity index (χ0) is 16.3. The average molecular weight is 309 g/mol. The third-order valence-corrected chi connectivity index (χ3v) is 3.43. The van der Waals surface area contributed by atoms with Crippen molar-refractivity contribution in [3.8, 4) is 0 Å². The molecule has 2 nitrogen and oxygen atoms in total. The number of benzene rings is 2. The molecule has 1 unspecified atom stereocenters. The van der Waals surface area contributed by atoms with Gasteiger partial charge in [-0.25, -0.2) is 13.2 Å². The van der Waals surface area contributed by atoms with Crippen LogP contribution in [0.1, 0.15) is 28.3 Å². The van der Waals surface area contributed by atoms with E-state index in [4.69, 9.17) is 0 Å². The second-order valence-corrected chi connectivity index (χ2v) is 5.41. The number of hydrogen-bond donors (Lipinski definition) is 2. The minimum atomic E-state index is -1.50.